The molecule has 44 valence electrons. The monoisotopic (exact) mass is 129 g/mol. The van der Waals surface area contributed by atoms with Crippen LogP contribution in [0.2, 0.25) is 0 Å². The molecule has 1 amide bonds. The van der Waals surface area contributed by atoms with Crippen molar-refractivity contribution in [2.24, 2.45) is 5.73 Å². The third-order valence-electron chi connectivity index (χ3n) is 0.201. The van der Waals surface area contributed by atoms with Crippen LogP contribution < -0.4 is 5.73 Å². The molecule has 0 heterocycles. The Morgan fingerprint density at radius 2 is 1.62 bits per heavy atom. The summed E-state index contributed by atoms with van der Waals surface area (Å²) in [4.78, 5) is 9.47. The Bertz CT molecular complexity index is 65.5. The van der Waals surface area contributed by atoms with Crippen LogP contribution in [0.3, 0.4) is 0 Å². The normalized spacial score (nSPS) is 4.00. The van der Waals surface area contributed by atoms with Crippen molar-refractivity contribution in [2.45, 2.75) is 0 Å². The van der Waals surface area contributed by atoms with Crippen molar-refractivity contribution in [1.82, 2.24) is 0 Å². The predicted molar refractivity (Wildman–Crippen MR) is 29.0 cm³/mol. The van der Waals surface area contributed by atoms with Crippen molar-refractivity contribution in [3.63, 3.8) is 0 Å². The minimum Gasteiger partial charge on any atom is -0.870 e. The minimum absolute atomic E-state index is 0. The molecule has 0 aromatic heterocycles. The first kappa shape index (κ1) is 24.7. The molecule has 0 aliphatic carbocycles. The van der Waals surface area contributed by atoms with Gasteiger partial charge in [-0.25, -0.2) is 0 Å². The van der Waals surface area contributed by atoms with Crippen LogP contribution >= 0.6 is 0 Å². The first-order valence-corrected chi connectivity index (χ1v) is 1.19. The first-order chi connectivity index (χ1) is 2.27. The molecule has 8 heavy (non-hydrogen) atoms. The second kappa shape index (κ2) is 15.8. The second-order valence-electron chi connectivity index (χ2n) is 0.606. The zero-order valence-corrected chi connectivity index (χ0v) is 5.79. The van der Waals surface area contributed by atoms with Crippen LogP contribution in [0.4, 0.5) is 0 Å². The van der Waals surface area contributed by atoms with Gasteiger partial charge in [-0.1, -0.05) is 6.58 Å². The maximum Gasteiger partial charge on any atom is 2.00 e. The molecule has 0 saturated heterocycles. The van der Waals surface area contributed by atoms with Gasteiger partial charge in [-0.2, -0.15) is 0 Å². The number of amides is 1. The van der Waals surface area contributed by atoms with Gasteiger partial charge in [0, 0.05) is 0 Å². The van der Waals surface area contributed by atoms with Gasteiger partial charge in [-0.15, -0.1) is 0 Å². The molecule has 0 unspecified atom stereocenters. The summed E-state index contributed by atoms with van der Waals surface area (Å²) in [5.41, 5.74) is 4.53. The van der Waals surface area contributed by atoms with Gasteiger partial charge in [0.15, 0.2) is 0 Å². The summed E-state index contributed by atoms with van der Waals surface area (Å²) >= 11 is 0. The molecule has 4 N–H and O–H groups in total. The van der Waals surface area contributed by atoms with Crippen LogP contribution in [0.1, 0.15) is 0 Å². The van der Waals surface area contributed by atoms with Crippen LogP contribution in [0, 0.1) is 0 Å². The van der Waals surface area contributed by atoms with E-state index < -0.39 is 5.91 Å². The quantitative estimate of drug-likeness (QED) is 0.360. The molecule has 5 heteroatoms. The summed E-state index contributed by atoms with van der Waals surface area (Å²) in [7, 11) is 0. The van der Waals surface area contributed by atoms with Gasteiger partial charge >= 0.3 is 23.1 Å². The number of hydrogen-bond donors (Lipinski definition) is 1. The number of carbonyl (C=O) groups is 1. The predicted octanol–water partition coefficient (Wildman–Crippen LogP) is -1.08. The number of nitrogens with two attached hydrogens (primary N) is 1. The van der Waals surface area contributed by atoms with E-state index in [1.807, 2.05) is 0 Å². The average molecular weight is 129 g/mol. The van der Waals surface area contributed by atoms with Crippen molar-refractivity contribution in [3.8, 4) is 0 Å². The molecule has 0 radical (unpaired) electrons. The molecule has 0 rings (SSSR count). The summed E-state index contributed by atoms with van der Waals surface area (Å²) in [6.07, 6.45) is 1.06. The van der Waals surface area contributed by atoms with Crippen molar-refractivity contribution in [3.05, 3.63) is 12.7 Å². The molecule has 0 atom stereocenters. The van der Waals surface area contributed by atoms with Crippen molar-refractivity contribution in [2.75, 3.05) is 0 Å². The van der Waals surface area contributed by atoms with Crippen molar-refractivity contribution >= 4 is 29.0 Å². The van der Waals surface area contributed by atoms with Gasteiger partial charge in [0.05, 0.1) is 0 Å². The van der Waals surface area contributed by atoms with Crippen molar-refractivity contribution in [1.29, 1.82) is 0 Å². The van der Waals surface area contributed by atoms with Gasteiger partial charge in [0.2, 0.25) is 5.91 Å². The van der Waals surface area contributed by atoms with E-state index >= 15 is 0 Å². The smallest absolute Gasteiger partial charge is 0.870 e. The van der Waals surface area contributed by atoms with E-state index in [2.05, 4.69) is 12.3 Å². The number of hydrogen-bond acceptors (Lipinski definition) is 3. The molecule has 0 aliphatic rings. The van der Waals surface area contributed by atoms with Gasteiger partial charge in [0.25, 0.3) is 0 Å². The third kappa shape index (κ3) is 39.3. The van der Waals surface area contributed by atoms with E-state index in [0.29, 0.717) is 0 Å². The topological polar surface area (TPSA) is 103 Å². The minimum atomic E-state index is -0.481. The summed E-state index contributed by atoms with van der Waals surface area (Å²) < 4.78 is 0. The summed E-state index contributed by atoms with van der Waals surface area (Å²) in [6, 6.07) is 0. The Hall–Kier alpha value is -0.104. The Balaban J connectivity index is -0.0000000267. The van der Waals surface area contributed by atoms with Crippen LogP contribution in [0.5, 0.6) is 0 Å². The van der Waals surface area contributed by atoms with E-state index in [-0.39, 0.29) is 34.0 Å². The SMILES string of the molecule is C=CC(N)=O.[Mg+2].[OH-].[OH-]. The Kier molecular flexibility index (Phi) is 48.8. The molecule has 0 aromatic rings. The van der Waals surface area contributed by atoms with Gasteiger partial charge < -0.3 is 16.7 Å². The fourth-order valence-electron chi connectivity index (χ4n) is 0. The zero-order valence-electron chi connectivity index (χ0n) is 4.37. The third-order valence-corrected chi connectivity index (χ3v) is 0.201. The van der Waals surface area contributed by atoms with Crippen LogP contribution in [-0.4, -0.2) is 39.9 Å². The summed E-state index contributed by atoms with van der Waals surface area (Å²) in [5.74, 6) is -0.481. The number of primary amides is 1. The average Bonchev–Trinajstić information content (AvgIpc) is 1.38. The van der Waals surface area contributed by atoms with Gasteiger partial charge in [0.1, 0.15) is 0 Å². The molecule has 0 fully saturated rings. The van der Waals surface area contributed by atoms with Crippen LogP contribution in [-0.2, 0) is 4.79 Å². The number of carbonyl (C=O) groups excluding carboxylic acids is 1. The largest absolute Gasteiger partial charge is 2.00 e. The summed E-state index contributed by atoms with van der Waals surface area (Å²) in [5, 5.41) is 0. The second-order valence-corrected chi connectivity index (χ2v) is 0.606. The maximum absolute atomic E-state index is 9.47. The van der Waals surface area contributed by atoms with Crippen molar-refractivity contribution < 1.29 is 15.7 Å². The van der Waals surface area contributed by atoms with E-state index in [4.69, 9.17) is 0 Å². The van der Waals surface area contributed by atoms with E-state index in [9.17, 15) is 4.79 Å². The fourth-order valence-corrected chi connectivity index (χ4v) is 0. The zero-order chi connectivity index (χ0) is 4.28. The summed E-state index contributed by atoms with van der Waals surface area (Å²) in [6.45, 7) is 3.09. The Labute approximate surface area is 63.5 Å². The van der Waals surface area contributed by atoms with E-state index in [1.165, 1.54) is 0 Å². The van der Waals surface area contributed by atoms with Gasteiger partial charge in [-0.3, -0.25) is 4.79 Å². The molecule has 0 bridgehead atoms. The number of rotatable bonds is 1. The maximum atomic E-state index is 9.47. The molecule has 0 aromatic carbocycles. The molecule has 0 aliphatic heterocycles. The fraction of sp³-hybridized carbons (Fsp3) is 0. The van der Waals surface area contributed by atoms with E-state index in [1.54, 1.807) is 0 Å². The van der Waals surface area contributed by atoms with E-state index in [0.717, 1.165) is 6.08 Å². The Morgan fingerprint density at radius 1 is 1.50 bits per heavy atom. The standard InChI is InChI=1S/C3H5NO.Mg.2H2O/c1-2-3(4)5;;;/h2H,1H2,(H2,4,5);;2*1H2/q;+2;;/p-2. The van der Waals surface area contributed by atoms with Crippen LogP contribution in [0.25, 0.3) is 0 Å². The molecule has 0 spiro atoms. The van der Waals surface area contributed by atoms with Gasteiger partial charge in [-0.05, 0) is 6.08 Å². The Morgan fingerprint density at radius 3 is 1.62 bits per heavy atom. The first-order valence-electron chi connectivity index (χ1n) is 1.19. The molecular formula is C3H7MgNO3. The molecule has 0 saturated carbocycles. The molecular weight excluding hydrogens is 122 g/mol. The molecule has 4 nitrogen and oxygen atoms in total. The van der Waals surface area contributed by atoms with Crippen LogP contribution in [0.15, 0.2) is 12.7 Å².